The molecule has 1 N–H and O–H groups in total. The Hall–Kier alpha value is -3.51. The Morgan fingerprint density at radius 1 is 1.06 bits per heavy atom. The fraction of sp³-hybridized carbons (Fsp3) is 0.240. The molecule has 156 valence electrons. The van der Waals surface area contributed by atoms with Gasteiger partial charge < -0.3 is 14.7 Å². The van der Waals surface area contributed by atoms with Crippen molar-refractivity contribution >= 4 is 28.2 Å². The van der Waals surface area contributed by atoms with Crippen molar-refractivity contribution < 1.29 is 19.4 Å². The SMILES string of the molecule is O=C1C(=O)N(CC2CCCO2)C(c2ccncc2)/C1=C(/O)c1cccc2ccccc12. The molecule has 0 radical (unpaired) electrons. The number of ether oxygens (including phenoxy) is 1. The minimum atomic E-state index is -0.689. The molecular formula is C25H22N2O4. The lowest BCUT2D eigenvalue weighted by molar-refractivity contribution is -0.140. The summed E-state index contributed by atoms with van der Waals surface area (Å²) in [5.74, 6) is -1.45. The maximum Gasteiger partial charge on any atom is 0.295 e. The molecule has 3 aromatic rings. The molecule has 2 atom stereocenters. The number of carbonyl (C=O) groups is 2. The molecule has 3 heterocycles. The molecular weight excluding hydrogens is 392 g/mol. The maximum atomic E-state index is 13.2. The van der Waals surface area contributed by atoms with Gasteiger partial charge >= 0.3 is 0 Å². The molecule has 31 heavy (non-hydrogen) atoms. The number of rotatable bonds is 4. The number of nitrogens with zero attached hydrogens (tertiary/aromatic N) is 2. The summed E-state index contributed by atoms with van der Waals surface area (Å²) in [5, 5.41) is 13.1. The average Bonchev–Trinajstić information content (AvgIpc) is 3.41. The lowest BCUT2D eigenvalue weighted by atomic mass is 9.94. The molecule has 2 aliphatic rings. The number of hydrogen-bond acceptors (Lipinski definition) is 5. The highest BCUT2D eigenvalue weighted by atomic mass is 16.5. The Labute approximate surface area is 179 Å². The first kappa shape index (κ1) is 19.5. The van der Waals surface area contributed by atoms with E-state index in [0.29, 0.717) is 18.7 Å². The zero-order valence-corrected chi connectivity index (χ0v) is 16.9. The van der Waals surface area contributed by atoms with Gasteiger partial charge in [-0.05, 0) is 41.3 Å². The number of aliphatic hydroxyl groups is 1. The number of carbonyl (C=O) groups excluding carboxylic acids is 2. The van der Waals surface area contributed by atoms with Crippen molar-refractivity contribution in [2.75, 3.05) is 13.2 Å². The predicted molar refractivity (Wildman–Crippen MR) is 116 cm³/mol. The Morgan fingerprint density at radius 2 is 1.84 bits per heavy atom. The first-order chi connectivity index (χ1) is 15.1. The summed E-state index contributed by atoms with van der Waals surface area (Å²) in [6, 6.07) is 16.1. The smallest absolute Gasteiger partial charge is 0.295 e. The Bertz CT molecular complexity index is 1180. The van der Waals surface area contributed by atoms with Crippen LogP contribution in [-0.4, -0.2) is 45.9 Å². The monoisotopic (exact) mass is 414 g/mol. The number of aliphatic hydroxyl groups excluding tert-OH is 1. The number of Topliss-reactive ketones (excluding diaryl/α,β-unsaturated/α-hetero) is 1. The fourth-order valence-corrected chi connectivity index (χ4v) is 4.55. The Morgan fingerprint density at radius 3 is 2.61 bits per heavy atom. The second-order valence-electron chi connectivity index (χ2n) is 7.89. The fourth-order valence-electron chi connectivity index (χ4n) is 4.55. The van der Waals surface area contributed by atoms with Crippen molar-refractivity contribution in [1.29, 1.82) is 0 Å². The number of likely N-dealkylation sites (tertiary alicyclic amines) is 1. The molecule has 0 spiro atoms. The molecule has 5 rings (SSSR count). The van der Waals surface area contributed by atoms with Gasteiger partial charge in [0, 0.05) is 31.1 Å². The van der Waals surface area contributed by atoms with Crippen LogP contribution in [0.25, 0.3) is 16.5 Å². The zero-order chi connectivity index (χ0) is 21.4. The van der Waals surface area contributed by atoms with Gasteiger partial charge in [0.05, 0.1) is 17.7 Å². The van der Waals surface area contributed by atoms with Crippen LogP contribution in [0, 0.1) is 0 Å². The van der Waals surface area contributed by atoms with Crippen LogP contribution < -0.4 is 0 Å². The second kappa shape index (κ2) is 7.96. The third-order valence-corrected chi connectivity index (χ3v) is 6.03. The van der Waals surface area contributed by atoms with E-state index in [9.17, 15) is 14.7 Å². The van der Waals surface area contributed by atoms with Gasteiger partial charge in [0.15, 0.2) is 0 Å². The van der Waals surface area contributed by atoms with E-state index in [1.807, 2.05) is 36.4 Å². The molecule has 2 aliphatic heterocycles. The summed E-state index contributed by atoms with van der Waals surface area (Å²) >= 11 is 0. The van der Waals surface area contributed by atoms with Gasteiger partial charge in [-0.3, -0.25) is 14.6 Å². The van der Waals surface area contributed by atoms with Crippen LogP contribution in [0.4, 0.5) is 0 Å². The van der Waals surface area contributed by atoms with Crippen molar-refractivity contribution in [3.8, 4) is 0 Å². The van der Waals surface area contributed by atoms with E-state index >= 15 is 0 Å². The standard InChI is InChI=1S/C25H22N2O4/c28-23(20-9-3-6-16-5-1-2-8-19(16)20)21-22(17-10-12-26-13-11-17)27(25(30)24(21)29)15-18-7-4-14-31-18/h1-3,5-6,8-13,18,22,28H,4,7,14-15H2/b23-21-. The van der Waals surface area contributed by atoms with E-state index in [-0.39, 0.29) is 17.4 Å². The number of amides is 1. The van der Waals surface area contributed by atoms with Crippen LogP contribution in [-0.2, 0) is 14.3 Å². The van der Waals surface area contributed by atoms with E-state index in [4.69, 9.17) is 4.74 Å². The largest absolute Gasteiger partial charge is 0.507 e. The van der Waals surface area contributed by atoms with Crippen LogP contribution in [0.3, 0.4) is 0 Å². The topological polar surface area (TPSA) is 79.7 Å². The van der Waals surface area contributed by atoms with Gasteiger partial charge in [-0.25, -0.2) is 0 Å². The average molecular weight is 414 g/mol. The maximum absolute atomic E-state index is 13.2. The first-order valence-electron chi connectivity index (χ1n) is 10.4. The molecule has 2 fully saturated rings. The van der Waals surface area contributed by atoms with Crippen molar-refractivity contribution in [3.63, 3.8) is 0 Å². The molecule has 0 saturated carbocycles. The van der Waals surface area contributed by atoms with Gasteiger partial charge in [0.2, 0.25) is 0 Å². The third-order valence-electron chi connectivity index (χ3n) is 6.03. The summed E-state index contributed by atoms with van der Waals surface area (Å²) in [6.45, 7) is 0.967. The van der Waals surface area contributed by atoms with Gasteiger partial charge in [-0.15, -0.1) is 0 Å². The minimum absolute atomic E-state index is 0.102. The molecule has 1 aromatic heterocycles. The molecule has 1 amide bonds. The molecule has 6 heteroatoms. The highest BCUT2D eigenvalue weighted by molar-refractivity contribution is 6.46. The molecule has 0 aliphatic carbocycles. The second-order valence-corrected chi connectivity index (χ2v) is 7.89. The van der Waals surface area contributed by atoms with Crippen molar-refractivity contribution in [1.82, 2.24) is 9.88 Å². The summed E-state index contributed by atoms with van der Waals surface area (Å²) in [6.07, 6.45) is 4.92. The van der Waals surface area contributed by atoms with Crippen LogP contribution >= 0.6 is 0 Å². The van der Waals surface area contributed by atoms with E-state index in [0.717, 1.165) is 29.2 Å². The lowest BCUT2D eigenvalue weighted by Crippen LogP contribution is -2.36. The Kier molecular flexibility index (Phi) is 5.00. The normalized spacial score (nSPS) is 23.0. The van der Waals surface area contributed by atoms with Crippen molar-refractivity contribution in [3.05, 3.63) is 83.7 Å². The van der Waals surface area contributed by atoms with Crippen LogP contribution in [0.2, 0.25) is 0 Å². The Balaban J connectivity index is 1.67. The summed E-state index contributed by atoms with van der Waals surface area (Å²) in [4.78, 5) is 31.8. The summed E-state index contributed by atoms with van der Waals surface area (Å²) < 4.78 is 5.72. The van der Waals surface area contributed by atoms with Crippen LogP contribution in [0.15, 0.2) is 72.6 Å². The number of benzene rings is 2. The van der Waals surface area contributed by atoms with E-state index in [1.54, 1.807) is 30.6 Å². The first-order valence-corrected chi connectivity index (χ1v) is 10.4. The number of fused-ring (bicyclic) bond motifs is 1. The molecule has 2 unspecified atom stereocenters. The summed E-state index contributed by atoms with van der Waals surface area (Å²) in [7, 11) is 0. The highest BCUT2D eigenvalue weighted by Crippen LogP contribution is 2.40. The highest BCUT2D eigenvalue weighted by Gasteiger charge is 2.47. The summed E-state index contributed by atoms with van der Waals surface area (Å²) in [5.41, 5.74) is 1.37. The van der Waals surface area contributed by atoms with E-state index < -0.39 is 17.7 Å². The molecule has 2 saturated heterocycles. The van der Waals surface area contributed by atoms with Crippen molar-refractivity contribution in [2.45, 2.75) is 25.0 Å². The quantitative estimate of drug-likeness (QED) is 0.399. The number of hydrogen-bond donors (Lipinski definition) is 1. The number of ketones is 1. The third kappa shape index (κ3) is 3.39. The molecule has 2 aromatic carbocycles. The van der Waals surface area contributed by atoms with E-state index in [1.165, 1.54) is 4.90 Å². The van der Waals surface area contributed by atoms with Crippen LogP contribution in [0.1, 0.15) is 30.0 Å². The lowest BCUT2D eigenvalue weighted by Gasteiger charge is -2.27. The molecule has 0 bridgehead atoms. The minimum Gasteiger partial charge on any atom is -0.507 e. The van der Waals surface area contributed by atoms with Gasteiger partial charge in [0.1, 0.15) is 5.76 Å². The van der Waals surface area contributed by atoms with E-state index in [2.05, 4.69) is 4.98 Å². The molecule has 6 nitrogen and oxygen atoms in total. The van der Waals surface area contributed by atoms with Gasteiger partial charge in [-0.2, -0.15) is 0 Å². The number of aromatic nitrogens is 1. The zero-order valence-electron chi connectivity index (χ0n) is 16.9. The van der Waals surface area contributed by atoms with Gasteiger partial charge in [-0.1, -0.05) is 42.5 Å². The van der Waals surface area contributed by atoms with Crippen LogP contribution in [0.5, 0.6) is 0 Å². The predicted octanol–water partition coefficient (Wildman–Crippen LogP) is 3.84. The van der Waals surface area contributed by atoms with Gasteiger partial charge in [0.25, 0.3) is 11.7 Å². The van der Waals surface area contributed by atoms with Crippen molar-refractivity contribution in [2.24, 2.45) is 0 Å². The number of pyridine rings is 1.